The van der Waals surface area contributed by atoms with Gasteiger partial charge in [-0.2, -0.15) is 0 Å². The van der Waals surface area contributed by atoms with Crippen molar-refractivity contribution >= 4 is 21.6 Å². The summed E-state index contributed by atoms with van der Waals surface area (Å²) >= 11 is 0. The van der Waals surface area contributed by atoms with Crippen molar-refractivity contribution in [3.8, 4) is 0 Å². The van der Waals surface area contributed by atoms with Crippen molar-refractivity contribution in [2.45, 2.75) is 11.8 Å². The molecule has 2 saturated heterocycles. The number of hydrogen-bond acceptors (Lipinski definition) is 4. The Morgan fingerprint density at radius 3 is 2.19 bits per heavy atom. The second-order valence-corrected chi connectivity index (χ2v) is 9.07. The smallest absolute Gasteiger partial charge is 0.261 e. The quantitative estimate of drug-likeness (QED) is 0.845. The number of benzene rings is 2. The number of anilines is 1. The van der Waals surface area contributed by atoms with Crippen molar-refractivity contribution < 1.29 is 13.2 Å². The first-order valence-electron chi connectivity index (χ1n) is 9.12. The van der Waals surface area contributed by atoms with Crippen molar-refractivity contribution in [3.63, 3.8) is 0 Å². The summed E-state index contributed by atoms with van der Waals surface area (Å²) in [6, 6.07) is 13.3. The molecule has 1 amide bonds. The lowest BCUT2D eigenvalue weighted by Gasteiger charge is -2.17. The Bertz CT molecular complexity index is 927. The van der Waals surface area contributed by atoms with Crippen LogP contribution in [0.15, 0.2) is 53.4 Å². The number of likely N-dealkylation sites (tertiary alicyclic amines) is 1. The first-order valence-corrected chi connectivity index (χ1v) is 10.6. The predicted octanol–water partition coefficient (Wildman–Crippen LogP) is 2.09. The van der Waals surface area contributed by atoms with Gasteiger partial charge in [-0.05, 0) is 55.2 Å². The van der Waals surface area contributed by atoms with Crippen LogP contribution in [0.2, 0.25) is 0 Å². The number of nitrogens with zero attached hydrogens (tertiary/aromatic N) is 1. The fourth-order valence-electron chi connectivity index (χ4n) is 3.82. The summed E-state index contributed by atoms with van der Waals surface area (Å²) in [7, 11) is -3.68. The van der Waals surface area contributed by atoms with E-state index in [0.29, 0.717) is 23.1 Å². The Kier molecular flexibility index (Phi) is 4.65. The third-order valence-electron chi connectivity index (χ3n) is 5.39. The molecule has 6 nitrogen and oxygen atoms in total. The van der Waals surface area contributed by atoms with Crippen LogP contribution < -0.4 is 10.0 Å². The molecular weight excluding hydrogens is 362 g/mol. The average molecular weight is 385 g/mol. The monoisotopic (exact) mass is 385 g/mol. The van der Waals surface area contributed by atoms with Crippen LogP contribution in [0.1, 0.15) is 15.9 Å². The van der Waals surface area contributed by atoms with E-state index < -0.39 is 10.0 Å². The van der Waals surface area contributed by atoms with E-state index in [1.807, 2.05) is 24.0 Å². The summed E-state index contributed by atoms with van der Waals surface area (Å²) in [6.07, 6.45) is 0. The molecule has 0 saturated carbocycles. The summed E-state index contributed by atoms with van der Waals surface area (Å²) in [4.78, 5) is 14.7. The Morgan fingerprint density at radius 2 is 1.59 bits per heavy atom. The van der Waals surface area contributed by atoms with Gasteiger partial charge < -0.3 is 10.2 Å². The highest BCUT2D eigenvalue weighted by atomic mass is 32.2. The van der Waals surface area contributed by atoms with Gasteiger partial charge in [-0.3, -0.25) is 9.52 Å². The molecule has 0 bridgehead atoms. The van der Waals surface area contributed by atoms with Crippen LogP contribution in [-0.2, 0) is 10.0 Å². The SMILES string of the molecule is Cc1ccc(NS(=O)(=O)c2ccc(C(=O)N3C[C@H]4CNC[C@H]4C3)cc2)cc1. The molecule has 2 atom stereocenters. The molecule has 4 rings (SSSR count). The van der Waals surface area contributed by atoms with Crippen molar-refractivity contribution in [2.75, 3.05) is 30.9 Å². The highest BCUT2D eigenvalue weighted by Gasteiger charge is 2.38. The summed E-state index contributed by atoms with van der Waals surface area (Å²) in [5, 5.41) is 3.36. The van der Waals surface area contributed by atoms with Gasteiger partial charge in [0, 0.05) is 37.4 Å². The number of carbonyl (C=O) groups excluding carboxylic acids is 1. The Labute approximate surface area is 159 Å². The number of fused-ring (bicyclic) bond motifs is 1. The molecule has 2 aromatic carbocycles. The summed E-state index contributed by atoms with van der Waals surface area (Å²) in [6.45, 7) is 5.42. The Hall–Kier alpha value is -2.38. The van der Waals surface area contributed by atoms with E-state index >= 15 is 0 Å². The minimum absolute atomic E-state index is 0.0279. The molecule has 2 aromatic rings. The van der Waals surface area contributed by atoms with E-state index in [1.54, 1.807) is 24.3 Å². The molecule has 0 radical (unpaired) electrons. The topological polar surface area (TPSA) is 78.5 Å². The van der Waals surface area contributed by atoms with E-state index in [0.717, 1.165) is 31.7 Å². The molecule has 2 heterocycles. The Balaban J connectivity index is 1.46. The van der Waals surface area contributed by atoms with Crippen molar-refractivity contribution in [2.24, 2.45) is 11.8 Å². The van der Waals surface area contributed by atoms with Gasteiger partial charge >= 0.3 is 0 Å². The van der Waals surface area contributed by atoms with Crippen molar-refractivity contribution in [3.05, 3.63) is 59.7 Å². The standard InChI is InChI=1S/C20H23N3O3S/c1-14-2-6-18(7-3-14)22-27(25,26)19-8-4-15(5-9-19)20(24)23-12-16-10-21-11-17(16)13-23/h2-9,16-17,21-22H,10-13H2,1H3/t16-,17+. The third-order valence-corrected chi connectivity index (χ3v) is 6.79. The van der Waals surface area contributed by atoms with Crippen molar-refractivity contribution in [1.82, 2.24) is 10.2 Å². The largest absolute Gasteiger partial charge is 0.338 e. The molecule has 2 aliphatic rings. The second-order valence-electron chi connectivity index (χ2n) is 7.38. The molecule has 0 aliphatic carbocycles. The number of hydrogen-bond donors (Lipinski definition) is 2. The predicted molar refractivity (Wildman–Crippen MR) is 104 cm³/mol. The maximum atomic E-state index is 12.7. The summed E-state index contributed by atoms with van der Waals surface area (Å²) < 4.78 is 27.6. The van der Waals surface area contributed by atoms with Crippen LogP contribution in [0, 0.1) is 18.8 Å². The van der Waals surface area contributed by atoms with Gasteiger partial charge in [0.1, 0.15) is 0 Å². The first-order chi connectivity index (χ1) is 12.9. The molecule has 0 spiro atoms. The molecule has 2 N–H and O–H groups in total. The molecule has 2 aliphatic heterocycles. The number of carbonyl (C=O) groups is 1. The zero-order valence-electron chi connectivity index (χ0n) is 15.2. The molecule has 27 heavy (non-hydrogen) atoms. The lowest BCUT2D eigenvalue weighted by atomic mass is 10.0. The Morgan fingerprint density at radius 1 is 1.00 bits per heavy atom. The number of rotatable bonds is 4. The minimum Gasteiger partial charge on any atom is -0.338 e. The third kappa shape index (κ3) is 3.70. The van der Waals surface area contributed by atoms with Crippen LogP contribution in [0.4, 0.5) is 5.69 Å². The van der Waals surface area contributed by atoms with Gasteiger partial charge in [-0.25, -0.2) is 8.42 Å². The highest BCUT2D eigenvalue weighted by Crippen LogP contribution is 2.27. The van der Waals surface area contributed by atoms with Gasteiger partial charge in [0.2, 0.25) is 0 Å². The van der Waals surface area contributed by atoms with Crippen LogP contribution >= 0.6 is 0 Å². The molecule has 7 heteroatoms. The zero-order valence-corrected chi connectivity index (χ0v) is 16.0. The van der Waals surface area contributed by atoms with Crippen LogP contribution in [0.5, 0.6) is 0 Å². The van der Waals surface area contributed by atoms with Gasteiger partial charge in [-0.15, -0.1) is 0 Å². The minimum atomic E-state index is -3.68. The number of amides is 1. The van der Waals surface area contributed by atoms with E-state index in [1.165, 1.54) is 12.1 Å². The average Bonchev–Trinajstić information content (AvgIpc) is 3.25. The van der Waals surface area contributed by atoms with Crippen LogP contribution in [0.25, 0.3) is 0 Å². The highest BCUT2D eigenvalue weighted by molar-refractivity contribution is 7.92. The van der Waals surface area contributed by atoms with E-state index in [-0.39, 0.29) is 10.8 Å². The molecule has 0 aromatic heterocycles. The molecule has 0 unspecified atom stereocenters. The normalized spacial score (nSPS) is 21.9. The number of aryl methyl sites for hydroxylation is 1. The lowest BCUT2D eigenvalue weighted by Crippen LogP contribution is -2.31. The lowest BCUT2D eigenvalue weighted by molar-refractivity contribution is 0.0781. The maximum Gasteiger partial charge on any atom is 0.261 e. The summed E-state index contributed by atoms with van der Waals surface area (Å²) in [5.41, 5.74) is 2.10. The van der Waals surface area contributed by atoms with E-state index in [2.05, 4.69) is 10.0 Å². The van der Waals surface area contributed by atoms with Gasteiger partial charge in [0.05, 0.1) is 4.90 Å². The molecule has 2 fully saturated rings. The van der Waals surface area contributed by atoms with E-state index in [4.69, 9.17) is 0 Å². The zero-order chi connectivity index (χ0) is 19.0. The van der Waals surface area contributed by atoms with Gasteiger partial charge in [0.25, 0.3) is 15.9 Å². The first kappa shape index (κ1) is 18.0. The second kappa shape index (κ2) is 6.98. The van der Waals surface area contributed by atoms with Crippen LogP contribution in [-0.4, -0.2) is 45.4 Å². The summed E-state index contributed by atoms with van der Waals surface area (Å²) in [5.74, 6) is 1.04. The number of sulfonamides is 1. The van der Waals surface area contributed by atoms with E-state index in [9.17, 15) is 13.2 Å². The van der Waals surface area contributed by atoms with Crippen molar-refractivity contribution in [1.29, 1.82) is 0 Å². The fourth-order valence-corrected chi connectivity index (χ4v) is 4.87. The van der Waals surface area contributed by atoms with Crippen LogP contribution in [0.3, 0.4) is 0 Å². The fraction of sp³-hybridized carbons (Fsp3) is 0.350. The maximum absolute atomic E-state index is 12.7. The van der Waals surface area contributed by atoms with Gasteiger partial charge in [-0.1, -0.05) is 17.7 Å². The number of nitrogens with one attached hydrogen (secondary N) is 2. The van der Waals surface area contributed by atoms with Gasteiger partial charge in [0.15, 0.2) is 0 Å². The molecule has 142 valence electrons. The molecular formula is C20H23N3O3S.